The Morgan fingerprint density at radius 1 is 1.24 bits per heavy atom. The molecule has 1 aromatic rings. The number of amides is 1. The van der Waals surface area contributed by atoms with Gasteiger partial charge in [-0.2, -0.15) is 8.42 Å². The van der Waals surface area contributed by atoms with Crippen LogP contribution in [0.2, 0.25) is 0 Å². The highest BCUT2D eigenvalue weighted by atomic mass is 32.2. The lowest BCUT2D eigenvalue weighted by atomic mass is 10.1. The molecule has 8 nitrogen and oxygen atoms in total. The van der Waals surface area contributed by atoms with Crippen molar-refractivity contribution in [1.29, 1.82) is 0 Å². The maximum atomic E-state index is 12.6. The number of benzene rings is 1. The lowest BCUT2D eigenvalue weighted by Crippen LogP contribution is -2.40. The lowest BCUT2D eigenvalue weighted by Gasteiger charge is -2.24. The second-order valence-corrected chi connectivity index (χ2v) is 8.48. The zero-order valence-electron chi connectivity index (χ0n) is 16.6. The van der Waals surface area contributed by atoms with Crippen molar-refractivity contribution in [3.63, 3.8) is 0 Å². The number of carboxylic acid groups (broad SMARTS) is 1. The number of rotatable bonds is 9. The molecule has 160 valence electrons. The molecule has 0 bridgehead atoms. The van der Waals surface area contributed by atoms with Crippen molar-refractivity contribution in [2.24, 2.45) is 0 Å². The summed E-state index contributed by atoms with van der Waals surface area (Å²) in [7, 11) is -2.65. The predicted octanol–water partition coefficient (Wildman–Crippen LogP) is 3.11. The molecule has 1 unspecified atom stereocenters. The minimum absolute atomic E-state index is 0.0500. The van der Waals surface area contributed by atoms with Gasteiger partial charge in [0.05, 0.1) is 24.2 Å². The Balaban J connectivity index is 2.01. The highest BCUT2D eigenvalue weighted by Gasteiger charge is 2.39. The minimum Gasteiger partial charge on any atom is -0.469 e. The summed E-state index contributed by atoms with van der Waals surface area (Å²) in [5.74, 6) is -0.277. The molecular formula is C20H27NO7S. The van der Waals surface area contributed by atoms with Crippen LogP contribution >= 0.6 is 0 Å². The van der Waals surface area contributed by atoms with Crippen molar-refractivity contribution in [2.45, 2.75) is 56.1 Å². The van der Waals surface area contributed by atoms with Gasteiger partial charge in [-0.15, -0.1) is 0 Å². The first-order valence-electron chi connectivity index (χ1n) is 9.46. The summed E-state index contributed by atoms with van der Waals surface area (Å²) < 4.78 is 35.1. The molecule has 0 saturated carbocycles. The van der Waals surface area contributed by atoms with Crippen molar-refractivity contribution < 1.29 is 32.0 Å². The quantitative estimate of drug-likeness (QED) is 0.280. The molecule has 0 radical (unpaired) electrons. The van der Waals surface area contributed by atoms with E-state index in [1.54, 1.807) is 18.2 Å². The lowest BCUT2D eigenvalue weighted by molar-refractivity contribution is -0.140. The summed E-state index contributed by atoms with van der Waals surface area (Å²) in [6, 6.07) is 5.73. The van der Waals surface area contributed by atoms with Crippen LogP contribution in [0.5, 0.6) is 0 Å². The van der Waals surface area contributed by atoms with Gasteiger partial charge in [0.15, 0.2) is 0 Å². The second-order valence-electron chi connectivity index (χ2n) is 6.91. The van der Waals surface area contributed by atoms with Crippen LogP contribution in [0.1, 0.15) is 37.7 Å². The van der Waals surface area contributed by atoms with Gasteiger partial charge < -0.3 is 14.7 Å². The third-order valence-corrected chi connectivity index (χ3v) is 6.16. The fraction of sp³-hybridized carbons (Fsp3) is 0.500. The van der Waals surface area contributed by atoms with Gasteiger partial charge in [0, 0.05) is 13.0 Å². The fourth-order valence-corrected chi connectivity index (χ4v) is 4.33. The number of likely N-dealkylation sites (tertiary alicyclic amines) is 1. The Morgan fingerprint density at radius 3 is 2.55 bits per heavy atom. The number of hydrogen-bond donors (Lipinski definition) is 1. The van der Waals surface area contributed by atoms with E-state index in [0.717, 1.165) is 5.56 Å². The summed E-state index contributed by atoms with van der Waals surface area (Å²) in [6.07, 6.45) is 4.01. The molecule has 0 spiro atoms. The molecule has 2 atom stereocenters. The smallest absolute Gasteiger partial charge is 0.407 e. The van der Waals surface area contributed by atoms with E-state index in [2.05, 4.69) is 4.74 Å². The normalized spacial score (nSPS) is 19.6. The first kappa shape index (κ1) is 22.9. The standard InChI is InChI=1S/C20H27NO7S/c1-15-9-11-16(12-10-15)29(25,26)28-18-13-14-21(20(23)24)17(18)7-5-3-4-6-8-19(22)27-2/h3,5,9-12,17-18H,4,6-8,13-14H2,1-2H3,(H,23,24)/t17-,18?/m1/s1. The summed E-state index contributed by atoms with van der Waals surface area (Å²) in [4.78, 5) is 23.9. The molecule has 1 saturated heterocycles. The van der Waals surface area contributed by atoms with Crippen LogP contribution in [0.4, 0.5) is 4.79 Å². The molecule has 1 amide bonds. The molecule has 0 aliphatic carbocycles. The van der Waals surface area contributed by atoms with Crippen molar-refractivity contribution >= 4 is 22.2 Å². The number of nitrogens with zero attached hydrogens (tertiary/aromatic N) is 1. The van der Waals surface area contributed by atoms with Gasteiger partial charge in [0.2, 0.25) is 0 Å². The molecule has 1 aliphatic heterocycles. The van der Waals surface area contributed by atoms with E-state index in [9.17, 15) is 23.1 Å². The number of carbonyl (C=O) groups excluding carboxylic acids is 1. The van der Waals surface area contributed by atoms with Crippen LogP contribution in [0, 0.1) is 6.92 Å². The maximum Gasteiger partial charge on any atom is 0.407 e. The number of aryl methyl sites for hydroxylation is 1. The Morgan fingerprint density at radius 2 is 1.93 bits per heavy atom. The average Bonchev–Trinajstić information content (AvgIpc) is 3.06. The van der Waals surface area contributed by atoms with Gasteiger partial charge in [0.1, 0.15) is 0 Å². The van der Waals surface area contributed by atoms with Crippen molar-refractivity contribution in [2.75, 3.05) is 13.7 Å². The molecule has 1 N–H and O–H groups in total. The Kier molecular flexibility index (Phi) is 8.21. The van der Waals surface area contributed by atoms with E-state index in [0.29, 0.717) is 32.1 Å². The zero-order chi connectivity index (χ0) is 21.4. The van der Waals surface area contributed by atoms with Crippen LogP contribution < -0.4 is 0 Å². The number of ether oxygens (including phenoxy) is 1. The molecule has 1 heterocycles. The maximum absolute atomic E-state index is 12.6. The molecule has 0 aromatic heterocycles. The first-order chi connectivity index (χ1) is 13.7. The summed E-state index contributed by atoms with van der Waals surface area (Å²) in [5.41, 5.74) is 0.928. The van der Waals surface area contributed by atoms with E-state index in [1.165, 1.54) is 24.1 Å². The van der Waals surface area contributed by atoms with Gasteiger partial charge >= 0.3 is 12.1 Å². The van der Waals surface area contributed by atoms with Crippen LogP contribution in [0.15, 0.2) is 41.3 Å². The van der Waals surface area contributed by atoms with Crippen LogP contribution in [-0.4, -0.2) is 56.3 Å². The number of allylic oxidation sites excluding steroid dienone is 1. The van der Waals surface area contributed by atoms with Crippen LogP contribution in [0.3, 0.4) is 0 Å². The number of unbranched alkanes of at least 4 members (excludes halogenated alkanes) is 1. The number of esters is 1. The second kappa shape index (κ2) is 10.4. The first-order valence-corrected chi connectivity index (χ1v) is 10.9. The van der Waals surface area contributed by atoms with Crippen molar-refractivity contribution in [3.8, 4) is 0 Å². The summed E-state index contributed by atoms with van der Waals surface area (Å²) >= 11 is 0. The van der Waals surface area contributed by atoms with Crippen LogP contribution in [-0.2, 0) is 23.8 Å². The SMILES string of the molecule is COC(=O)CCCC=CC[C@@H]1C(OS(=O)(=O)c2ccc(C)cc2)CCN1C(=O)O. The highest BCUT2D eigenvalue weighted by Crippen LogP contribution is 2.28. The minimum atomic E-state index is -3.99. The van der Waals surface area contributed by atoms with Gasteiger partial charge in [-0.05, 0) is 44.7 Å². The topological polar surface area (TPSA) is 110 Å². The Labute approximate surface area is 171 Å². The van der Waals surface area contributed by atoms with E-state index in [4.69, 9.17) is 4.18 Å². The van der Waals surface area contributed by atoms with Crippen molar-refractivity contribution in [3.05, 3.63) is 42.0 Å². The molecular weight excluding hydrogens is 398 g/mol. The predicted molar refractivity (Wildman–Crippen MR) is 106 cm³/mol. The molecule has 1 aromatic carbocycles. The summed E-state index contributed by atoms with van der Waals surface area (Å²) in [6.45, 7) is 2.07. The number of methoxy groups -OCH3 is 1. The van der Waals surface area contributed by atoms with Gasteiger partial charge in [-0.1, -0.05) is 29.8 Å². The largest absolute Gasteiger partial charge is 0.469 e. The molecule has 29 heavy (non-hydrogen) atoms. The van der Waals surface area contributed by atoms with Crippen LogP contribution in [0.25, 0.3) is 0 Å². The Hall–Kier alpha value is -2.39. The number of carbonyl (C=O) groups is 2. The fourth-order valence-electron chi connectivity index (χ4n) is 3.20. The van der Waals surface area contributed by atoms with E-state index in [-0.39, 0.29) is 17.4 Å². The van der Waals surface area contributed by atoms with Gasteiger partial charge in [0.25, 0.3) is 10.1 Å². The third kappa shape index (κ3) is 6.57. The monoisotopic (exact) mass is 425 g/mol. The van der Waals surface area contributed by atoms with E-state index >= 15 is 0 Å². The van der Waals surface area contributed by atoms with E-state index < -0.39 is 28.4 Å². The molecule has 9 heteroatoms. The molecule has 1 aliphatic rings. The third-order valence-electron chi connectivity index (χ3n) is 4.81. The summed E-state index contributed by atoms with van der Waals surface area (Å²) in [5, 5.41) is 9.42. The number of hydrogen-bond acceptors (Lipinski definition) is 6. The zero-order valence-corrected chi connectivity index (χ0v) is 17.4. The van der Waals surface area contributed by atoms with Crippen molar-refractivity contribution in [1.82, 2.24) is 4.90 Å². The van der Waals surface area contributed by atoms with Gasteiger partial charge in [-0.25, -0.2) is 4.79 Å². The molecule has 2 rings (SSSR count). The van der Waals surface area contributed by atoms with E-state index in [1.807, 2.05) is 13.0 Å². The van der Waals surface area contributed by atoms with Gasteiger partial charge in [-0.3, -0.25) is 8.98 Å². The Bertz CT molecular complexity index is 833. The molecule has 1 fully saturated rings. The highest BCUT2D eigenvalue weighted by molar-refractivity contribution is 7.86. The average molecular weight is 426 g/mol.